The molecule has 0 heterocycles. The van der Waals surface area contributed by atoms with Crippen LogP contribution in [0.3, 0.4) is 0 Å². The number of aliphatic carboxylic acids is 1. The fourth-order valence-electron chi connectivity index (χ4n) is 2.47. The molecule has 172 valence electrons. The molecule has 0 fully saturated rings. The molecule has 0 spiro atoms. The van der Waals surface area contributed by atoms with Crippen molar-refractivity contribution in [2.75, 3.05) is 24.3 Å². The first kappa shape index (κ1) is 26.6. The molecule has 7 N–H and O–H groups in total. The van der Waals surface area contributed by atoms with Crippen molar-refractivity contribution in [2.24, 2.45) is 5.73 Å². The summed E-state index contributed by atoms with van der Waals surface area (Å²) in [7, 11) is 0. The van der Waals surface area contributed by atoms with Crippen LogP contribution in [-0.2, 0) is 25.6 Å². The number of phenols is 1. The largest absolute Gasteiger partial charge is 0.508 e. The fourth-order valence-corrected chi connectivity index (χ4v) is 3.10. The maximum absolute atomic E-state index is 12.6. The van der Waals surface area contributed by atoms with Gasteiger partial charge in [-0.3, -0.25) is 14.4 Å². The highest BCUT2D eigenvalue weighted by atomic mass is 32.2. The van der Waals surface area contributed by atoms with E-state index >= 15 is 0 Å². The summed E-state index contributed by atoms with van der Waals surface area (Å²) in [5, 5.41) is 25.9. The van der Waals surface area contributed by atoms with Crippen LogP contribution in [0.15, 0.2) is 24.3 Å². The van der Waals surface area contributed by atoms with E-state index in [0.717, 1.165) is 0 Å². The number of aromatic hydroxyl groups is 1. The molecule has 0 bridgehead atoms. The second-order valence-electron chi connectivity index (χ2n) is 6.68. The van der Waals surface area contributed by atoms with Gasteiger partial charge in [-0.25, -0.2) is 4.79 Å². The van der Waals surface area contributed by atoms with E-state index in [1.165, 1.54) is 23.9 Å². The zero-order valence-corrected chi connectivity index (χ0v) is 18.7. The number of hydrogen-bond donors (Lipinski definition) is 7. The van der Waals surface area contributed by atoms with Crippen molar-refractivity contribution in [3.8, 4) is 5.75 Å². The third-order valence-electron chi connectivity index (χ3n) is 4.21. The zero-order valence-electron chi connectivity index (χ0n) is 17.0. The molecule has 0 aliphatic rings. The van der Waals surface area contributed by atoms with E-state index in [-0.39, 0.29) is 24.3 Å². The quantitative estimate of drug-likeness (QED) is 0.181. The van der Waals surface area contributed by atoms with Gasteiger partial charge in [-0.2, -0.15) is 24.4 Å². The van der Waals surface area contributed by atoms with Crippen LogP contribution in [0.4, 0.5) is 0 Å². The lowest BCUT2D eigenvalue weighted by molar-refractivity contribution is -0.141. The second-order valence-corrected chi connectivity index (χ2v) is 8.03. The van der Waals surface area contributed by atoms with Crippen LogP contribution in [0, 0.1) is 0 Å². The first-order valence-electron chi connectivity index (χ1n) is 9.41. The normalized spacial score (nSPS) is 13.5. The van der Waals surface area contributed by atoms with Crippen LogP contribution in [0.1, 0.15) is 12.0 Å². The molecule has 0 aliphatic heterocycles. The van der Waals surface area contributed by atoms with Crippen LogP contribution in [-0.4, -0.2) is 76.3 Å². The lowest BCUT2D eigenvalue weighted by atomic mass is 10.0. The average Bonchev–Trinajstić information content (AvgIpc) is 2.74. The van der Waals surface area contributed by atoms with Gasteiger partial charge in [-0.05, 0) is 36.1 Å². The number of carboxylic acid groups (broad SMARTS) is 1. The molecule has 1 rings (SSSR count). The molecule has 0 saturated carbocycles. The standard InChI is InChI=1S/C19H28N4O6S2/c1-31-7-6-14(19(28)29)22-16(25)9-21-18(27)15(23-17(26)13(20)10-30)8-11-2-4-12(24)5-3-11/h2-5,13-15,24,30H,6-10,20H2,1H3,(H,21,27)(H,22,25)(H,23,26)(H,28,29). The number of carbonyl (C=O) groups is 4. The van der Waals surface area contributed by atoms with Crippen LogP contribution >= 0.6 is 24.4 Å². The van der Waals surface area contributed by atoms with Crippen molar-refractivity contribution in [1.82, 2.24) is 16.0 Å². The highest BCUT2D eigenvalue weighted by Gasteiger charge is 2.25. The van der Waals surface area contributed by atoms with Crippen LogP contribution in [0.5, 0.6) is 5.75 Å². The predicted octanol–water partition coefficient (Wildman–Crippen LogP) is -0.885. The Balaban J connectivity index is 2.76. The van der Waals surface area contributed by atoms with Crippen molar-refractivity contribution < 1.29 is 29.4 Å². The number of carbonyl (C=O) groups excluding carboxylic acids is 3. The molecule has 1 aromatic carbocycles. The minimum Gasteiger partial charge on any atom is -0.508 e. The van der Waals surface area contributed by atoms with Crippen LogP contribution in [0.25, 0.3) is 0 Å². The number of hydrogen-bond acceptors (Lipinski definition) is 8. The van der Waals surface area contributed by atoms with Crippen LogP contribution < -0.4 is 21.7 Å². The van der Waals surface area contributed by atoms with Crippen molar-refractivity contribution in [3.63, 3.8) is 0 Å². The van der Waals surface area contributed by atoms with E-state index < -0.39 is 48.4 Å². The molecule has 0 radical (unpaired) electrons. The molecule has 3 atom stereocenters. The van der Waals surface area contributed by atoms with E-state index in [9.17, 15) is 29.4 Å². The van der Waals surface area contributed by atoms with E-state index in [4.69, 9.17) is 5.73 Å². The zero-order chi connectivity index (χ0) is 23.4. The monoisotopic (exact) mass is 472 g/mol. The molecule has 31 heavy (non-hydrogen) atoms. The molecular weight excluding hydrogens is 444 g/mol. The van der Waals surface area contributed by atoms with Gasteiger partial charge in [0.25, 0.3) is 0 Å². The Hall–Kier alpha value is -2.44. The van der Waals surface area contributed by atoms with Gasteiger partial charge in [0, 0.05) is 12.2 Å². The number of nitrogens with two attached hydrogens (primary N) is 1. The summed E-state index contributed by atoms with van der Waals surface area (Å²) in [6.07, 6.45) is 2.16. The van der Waals surface area contributed by atoms with Gasteiger partial charge in [0.05, 0.1) is 12.6 Å². The SMILES string of the molecule is CSCCC(NC(=O)CNC(=O)C(Cc1ccc(O)cc1)NC(=O)C(N)CS)C(=O)O. The topological polar surface area (TPSA) is 171 Å². The van der Waals surface area contributed by atoms with Crippen molar-refractivity contribution in [2.45, 2.75) is 31.0 Å². The first-order valence-corrected chi connectivity index (χ1v) is 11.4. The predicted molar refractivity (Wildman–Crippen MR) is 121 cm³/mol. The summed E-state index contributed by atoms with van der Waals surface area (Å²) in [5.74, 6) is -2.36. The number of thiol groups is 1. The van der Waals surface area contributed by atoms with E-state index in [1.54, 1.807) is 12.1 Å². The number of amides is 3. The van der Waals surface area contributed by atoms with Gasteiger partial charge in [0.2, 0.25) is 17.7 Å². The lowest BCUT2D eigenvalue weighted by Crippen LogP contribution is -2.54. The summed E-state index contributed by atoms with van der Waals surface area (Å²) in [4.78, 5) is 48.1. The molecule has 12 heteroatoms. The van der Waals surface area contributed by atoms with Gasteiger partial charge in [-0.15, -0.1) is 0 Å². The number of phenolic OH excluding ortho intramolecular Hbond substituents is 1. The summed E-state index contributed by atoms with van der Waals surface area (Å²) in [6, 6.07) is 3.06. The fraction of sp³-hybridized carbons (Fsp3) is 0.474. The molecule has 0 saturated heterocycles. The molecule has 10 nitrogen and oxygen atoms in total. The second kappa shape index (κ2) is 13.8. The lowest BCUT2D eigenvalue weighted by Gasteiger charge is -2.21. The number of nitrogens with one attached hydrogen (secondary N) is 3. The van der Waals surface area contributed by atoms with Crippen molar-refractivity contribution in [3.05, 3.63) is 29.8 Å². The Labute approximate surface area is 190 Å². The van der Waals surface area contributed by atoms with E-state index in [2.05, 4.69) is 28.6 Å². The first-order chi connectivity index (χ1) is 14.7. The molecule has 3 unspecified atom stereocenters. The Bertz CT molecular complexity index is 762. The minimum absolute atomic E-state index is 0.0528. The maximum Gasteiger partial charge on any atom is 0.326 e. The summed E-state index contributed by atoms with van der Waals surface area (Å²) in [6.45, 7) is -0.456. The third kappa shape index (κ3) is 9.94. The van der Waals surface area contributed by atoms with Crippen molar-refractivity contribution in [1.29, 1.82) is 0 Å². The van der Waals surface area contributed by atoms with E-state index in [0.29, 0.717) is 11.3 Å². The highest BCUT2D eigenvalue weighted by Crippen LogP contribution is 2.11. The summed E-state index contributed by atoms with van der Waals surface area (Å²) < 4.78 is 0. The molecule has 1 aromatic rings. The van der Waals surface area contributed by atoms with Crippen LogP contribution in [0.2, 0.25) is 0 Å². The van der Waals surface area contributed by atoms with Gasteiger partial charge < -0.3 is 31.9 Å². The molecule has 0 aromatic heterocycles. The highest BCUT2D eigenvalue weighted by molar-refractivity contribution is 7.98. The Morgan fingerprint density at radius 2 is 1.74 bits per heavy atom. The number of rotatable bonds is 13. The Morgan fingerprint density at radius 1 is 1.10 bits per heavy atom. The van der Waals surface area contributed by atoms with Gasteiger partial charge in [0.1, 0.15) is 17.8 Å². The molecule has 3 amide bonds. The van der Waals surface area contributed by atoms with Crippen molar-refractivity contribution >= 4 is 48.1 Å². The Kier molecular flexibility index (Phi) is 11.8. The van der Waals surface area contributed by atoms with E-state index in [1.807, 2.05) is 6.26 Å². The molecule has 0 aliphatic carbocycles. The maximum atomic E-state index is 12.6. The van der Waals surface area contributed by atoms with Gasteiger partial charge in [0.15, 0.2) is 0 Å². The minimum atomic E-state index is -1.16. The Morgan fingerprint density at radius 3 is 2.29 bits per heavy atom. The average molecular weight is 473 g/mol. The smallest absolute Gasteiger partial charge is 0.326 e. The summed E-state index contributed by atoms with van der Waals surface area (Å²) >= 11 is 5.42. The number of benzene rings is 1. The van der Waals surface area contributed by atoms with Gasteiger partial charge in [-0.1, -0.05) is 12.1 Å². The number of thioether (sulfide) groups is 1. The van der Waals surface area contributed by atoms with Gasteiger partial charge >= 0.3 is 5.97 Å². The third-order valence-corrected chi connectivity index (χ3v) is 5.25. The summed E-state index contributed by atoms with van der Waals surface area (Å²) in [5.41, 5.74) is 6.31. The molecular formula is C19H28N4O6S2. The number of carboxylic acids is 1.